The Kier molecular flexibility index (Phi) is 4.47. The monoisotopic (exact) mass is 279 g/mol. The number of hydrogen-bond acceptors (Lipinski definition) is 2. The zero-order valence-corrected chi connectivity index (χ0v) is 9.64. The van der Waals surface area contributed by atoms with Gasteiger partial charge < -0.3 is 10.4 Å². The molecule has 0 unspecified atom stereocenters. The standard InChI is InChI=1S/C11H9F4NO3/c1-2-6(11(18)19)16-10(17)4-3-5(12)8(14)9(15)7(4)13/h3,6H,2H2,1H3,(H,16,17)(H,18,19)/t6-/m0/s1. The summed E-state index contributed by atoms with van der Waals surface area (Å²) >= 11 is 0. The zero-order chi connectivity index (χ0) is 14.7. The molecule has 0 heterocycles. The van der Waals surface area contributed by atoms with E-state index in [2.05, 4.69) is 0 Å². The van der Waals surface area contributed by atoms with Crippen LogP contribution >= 0.6 is 0 Å². The van der Waals surface area contributed by atoms with Crippen molar-refractivity contribution in [2.45, 2.75) is 19.4 Å². The fourth-order valence-electron chi connectivity index (χ4n) is 1.31. The van der Waals surface area contributed by atoms with Gasteiger partial charge in [-0.1, -0.05) is 6.92 Å². The van der Waals surface area contributed by atoms with Crippen LogP contribution in [0.4, 0.5) is 17.6 Å². The molecule has 1 amide bonds. The second-order valence-electron chi connectivity index (χ2n) is 3.62. The third kappa shape index (κ3) is 3.01. The number of carbonyl (C=O) groups excluding carboxylic acids is 1. The first-order chi connectivity index (χ1) is 8.79. The first kappa shape index (κ1) is 14.9. The molecule has 0 spiro atoms. The van der Waals surface area contributed by atoms with Crippen molar-refractivity contribution in [2.75, 3.05) is 0 Å². The average molecular weight is 279 g/mol. The molecular formula is C11H9F4NO3. The molecule has 1 aromatic carbocycles. The van der Waals surface area contributed by atoms with Gasteiger partial charge in [-0.2, -0.15) is 0 Å². The number of aliphatic carboxylic acids is 1. The molecule has 0 fully saturated rings. The van der Waals surface area contributed by atoms with Gasteiger partial charge >= 0.3 is 5.97 Å². The van der Waals surface area contributed by atoms with Crippen LogP contribution in [-0.4, -0.2) is 23.0 Å². The molecule has 0 saturated carbocycles. The second-order valence-corrected chi connectivity index (χ2v) is 3.62. The van der Waals surface area contributed by atoms with Crippen molar-refractivity contribution in [2.24, 2.45) is 0 Å². The van der Waals surface area contributed by atoms with Gasteiger partial charge in [-0.05, 0) is 12.5 Å². The van der Waals surface area contributed by atoms with Gasteiger partial charge in [0.15, 0.2) is 23.3 Å². The minimum absolute atomic E-state index is 0.0190. The molecule has 2 N–H and O–H groups in total. The van der Waals surface area contributed by atoms with E-state index < -0.39 is 46.8 Å². The minimum Gasteiger partial charge on any atom is -0.480 e. The van der Waals surface area contributed by atoms with Gasteiger partial charge in [-0.3, -0.25) is 4.79 Å². The molecule has 0 aliphatic rings. The van der Waals surface area contributed by atoms with E-state index in [-0.39, 0.29) is 12.5 Å². The number of nitrogens with one attached hydrogen (secondary N) is 1. The number of carbonyl (C=O) groups is 2. The van der Waals surface area contributed by atoms with Crippen LogP contribution in [0.25, 0.3) is 0 Å². The number of amides is 1. The highest BCUT2D eigenvalue weighted by Gasteiger charge is 2.25. The fourth-order valence-corrected chi connectivity index (χ4v) is 1.31. The van der Waals surface area contributed by atoms with Crippen molar-refractivity contribution < 1.29 is 32.3 Å². The van der Waals surface area contributed by atoms with Crippen LogP contribution in [0.2, 0.25) is 0 Å². The highest BCUT2D eigenvalue weighted by Crippen LogP contribution is 2.18. The van der Waals surface area contributed by atoms with Crippen molar-refractivity contribution in [3.8, 4) is 0 Å². The molecule has 1 rings (SSSR count). The van der Waals surface area contributed by atoms with Gasteiger partial charge in [-0.25, -0.2) is 22.4 Å². The fraction of sp³-hybridized carbons (Fsp3) is 0.273. The van der Waals surface area contributed by atoms with Gasteiger partial charge in [0.05, 0.1) is 5.56 Å². The van der Waals surface area contributed by atoms with E-state index in [1.54, 1.807) is 0 Å². The molecule has 1 aromatic rings. The van der Waals surface area contributed by atoms with E-state index in [1.807, 2.05) is 5.32 Å². The van der Waals surface area contributed by atoms with Crippen LogP contribution in [-0.2, 0) is 4.79 Å². The van der Waals surface area contributed by atoms with Crippen molar-refractivity contribution in [3.05, 3.63) is 34.9 Å². The molecule has 0 saturated heterocycles. The van der Waals surface area contributed by atoms with Crippen molar-refractivity contribution in [1.82, 2.24) is 5.32 Å². The van der Waals surface area contributed by atoms with E-state index in [0.29, 0.717) is 0 Å². The SMILES string of the molecule is CC[C@H](NC(=O)c1cc(F)c(F)c(F)c1F)C(=O)O. The van der Waals surface area contributed by atoms with Crippen molar-refractivity contribution >= 4 is 11.9 Å². The Balaban J connectivity index is 3.11. The predicted octanol–water partition coefficient (Wildman–Crippen LogP) is 1.84. The number of carboxylic acid groups (broad SMARTS) is 1. The van der Waals surface area contributed by atoms with Gasteiger partial charge in [-0.15, -0.1) is 0 Å². The van der Waals surface area contributed by atoms with Gasteiger partial charge in [0.25, 0.3) is 5.91 Å². The second kappa shape index (κ2) is 5.68. The average Bonchev–Trinajstić information content (AvgIpc) is 2.36. The summed E-state index contributed by atoms with van der Waals surface area (Å²) in [6.45, 7) is 1.43. The van der Waals surface area contributed by atoms with Crippen LogP contribution in [0.5, 0.6) is 0 Å². The highest BCUT2D eigenvalue weighted by molar-refractivity contribution is 5.96. The maximum Gasteiger partial charge on any atom is 0.326 e. The third-order valence-electron chi connectivity index (χ3n) is 2.36. The molecule has 1 atom stereocenters. The summed E-state index contributed by atoms with van der Waals surface area (Å²) < 4.78 is 51.7. The molecule has 0 bridgehead atoms. The number of halogens is 4. The summed E-state index contributed by atoms with van der Waals surface area (Å²) in [5, 5.41) is 10.5. The van der Waals surface area contributed by atoms with Crippen LogP contribution in [0, 0.1) is 23.3 Å². The maximum atomic E-state index is 13.3. The summed E-state index contributed by atoms with van der Waals surface area (Å²) in [6.07, 6.45) is -0.0190. The number of hydrogen-bond donors (Lipinski definition) is 2. The van der Waals surface area contributed by atoms with Gasteiger partial charge in [0, 0.05) is 0 Å². The lowest BCUT2D eigenvalue weighted by Crippen LogP contribution is -2.40. The van der Waals surface area contributed by atoms with Crippen LogP contribution in [0.1, 0.15) is 23.7 Å². The Morgan fingerprint density at radius 2 is 1.79 bits per heavy atom. The Morgan fingerprint density at radius 1 is 1.21 bits per heavy atom. The largest absolute Gasteiger partial charge is 0.480 e. The molecule has 0 aromatic heterocycles. The van der Waals surface area contributed by atoms with E-state index >= 15 is 0 Å². The molecule has 4 nitrogen and oxygen atoms in total. The van der Waals surface area contributed by atoms with Crippen LogP contribution in [0.3, 0.4) is 0 Å². The highest BCUT2D eigenvalue weighted by atomic mass is 19.2. The number of benzene rings is 1. The molecule has 19 heavy (non-hydrogen) atoms. The molecule has 104 valence electrons. The smallest absolute Gasteiger partial charge is 0.326 e. The van der Waals surface area contributed by atoms with Gasteiger partial charge in [0.1, 0.15) is 6.04 Å². The Bertz CT molecular complexity index is 533. The van der Waals surface area contributed by atoms with Crippen molar-refractivity contribution in [1.29, 1.82) is 0 Å². The van der Waals surface area contributed by atoms with Gasteiger partial charge in [0.2, 0.25) is 0 Å². The van der Waals surface area contributed by atoms with E-state index in [9.17, 15) is 27.2 Å². The van der Waals surface area contributed by atoms with Crippen molar-refractivity contribution in [3.63, 3.8) is 0 Å². The zero-order valence-electron chi connectivity index (χ0n) is 9.64. The van der Waals surface area contributed by atoms with E-state index in [1.165, 1.54) is 6.92 Å². The van der Waals surface area contributed by atoms with Crippen LogP contribution in [0.15, 0.2) is 6.07 Å². The lowest BCUT2D eigenvalue weighted by atomic mass is 10.1. The summed E-state index contributed by atoms with van der Waals surface area (Å²) in [4.78, 5) is 22.1. The van der Waals surface area contributed by atoms with E-state index in [4.69, 9.17) is 5.11 Å². The molecular weight excluding hydrogens is 270 g/mol. The molecule has 0 aliphatic heterocycles. The quantitative estimate of drug-likeness (QED) is 0.502. The first-order valence-corrected chi connectivity index (χ1v) is 5.16. The van der Waals surface area contributed by atoms with E-state index in [0.717, 1.165) is 0 Å². The Morgan fingerprint density at radius 3 is 2.26 bits per heavy atom. The maximum absolute atomic E-state index is 13.3. The lowest BCUT2D eigenvalue weighted by Gasteiger charge is -2.13. The summed E-state index contributed by atoms with van der Waals surface area (Å²) in [6, 6.07) is -1.18. The summed E-state index contributed by atoms with van der Waals surface area (Å²) in [5.74, 6) is -10.5. The Labute approximate surface area is 105 Å². The Hall–Kier alpha value is -2.12. The minimum atomic E-state index is -2.13. The number of rotatable bonds is 4. The molecule has 0 aliphatic carbocycles. The number of carboxylic acids is 1. The molecule has 8 heteroatoms. The first-order valence-electron chi connectivity index (χ1n) is 5.16. The molecule has 0 radical (unpaired) electrons. The normalized spacial score (nSPS) is 12.1. The topological polar surface area (TPSA) is 66.4 Å². The summed E-state index contributed by atoms with van der Waals surface area (Å²) in [5.41, 5.74) is -1.10. The van der Waals surface area contributed by atoms with Crippen LogP contribution < -0.4 is 5.32 Å². The third-order valence-corrected chi connectivity index (χ3v) is 2.36. The lowest BCUT2D eigenvalue weighted by molar-refractivity contribution is -0.139. The summed E-state index contributed by atoms with van der Waals surface area (Å²) in [7, 11) is 0. The predicted molar refractivity (Wildman–Crippen MR) is 55.5 cm³/mol.